The highest BCUT2D eigenvalue weighted by Gasteiger charge is 2.40. The van der Waals surface area contributed by atoms with Crippen molar-refractivity contribution in [2.45, 2.75) is 65.2 Å². The zero-order valence-corrected chi connectivity index (χ0v) is 16.6. The van der Waals surface area contributed by atoms with Crippen LogP contribution in [-0.2, 0) is 11.2 Å². The highest BCUT2D eigenvalue weighted by atomic mass is 16.5. The van der Waals surface area contributed by atoms with Crippen LogP contribution >= 0.6 is 0 Å². The van der Waals surface area contributed by atoms with Crippen molar-refractivity contribution in [3.05, 3.63) is 46.7 Å². The lowest BCUT2D eigenvalue weighted by Crippen LogP contribution is -2.27. The van der Waals surface area contributed by atoms with E-state index in [1.807, 2.05) is 0 Å². The zero-order chi connectivity index (χ0) is 19.6. The first-order valence-electron chi connectivity index (χ1n) is 10.1. The van der Waals surface area contributed by atoms with Gasteiger partial charge < -0.3 is 14.6 Å². The van der Waals surface area contributed by atoms with Crippen LogP contribution in [-0.4, -0.2) is 17.7 Å². The molecule has 0 saturated heterocycles. The lowest BCUT2D eigenvalue weighted by molar-refractivity contribution is 0.0520. The van der Waals surface area contributed by atoms with E-state index in [9.17, 15) is 9.90 Å². The van der Waals surface area contributed by atoms with Crippen molar-refractivity contribution in [1.82, 2.24) is 0 Å². The fraction of sp³-hybridized carbons (Fsp3) is 0.522. The number of carbonyl (C=O) groups is 1. The van der Waals surface area contributed by atoms with Crippen LogP contribution in [0.2, 0.25) is 0 Å². The number of phenolic OH excluding ortho intramolecular Hbond substituents is 1. The normalized spacial score (nSPS) is 21.0. The van der Waals surface area contributed by atoms with Crippen molar-refractivity contribution in [1.29, 1.82) is 0 Å². The van der Waals surface area contributed by atoms with Gasteiger partial charge in [-0.2, -0.15) is 0 Å². The average molecular weight is 370 g/mol. The molecule has 1 heterocycles. The SMILES string of the molecule is C=C1Oc2c(C(=O)OCC)c(CCCCC)cc(O)c2[C@@H]2C=C(C)CC[C@@H]12. The first-order valence-corrected chi connectivity index (χ1v) is 10.1. The van der Waals surface area contributed by atoms with Gasteiger partial charge in [0.2, 0.25) is 0 Å². The molecule has 0 saturated carbocycles. The van der Waals surface area contributed by atoms with Crippen LogP contribution in [0.25, 0.3) is 0 Å². The second-order valence-electron chi connectivity index (χ2n) is 7.60. The quantitative estimate of drug-likeness (QED) is 0.399. The molecule has 4 nitrogen and oxygen atoms in total. The number of fused-ring (bicyclic) bond motifs is 3. The summed E-state index contributed by atoms with van der Waals surface area (Å²) in [5, 5.41) is 10.9. The maximum Gasteiger partial charge on any atom is 0.342 e. The van der Waals surface area contributed by atoms with E-state index in [4.69, 9.17) is 9.47 Å². The van der Waals surface area contributed by atoms with E-state index in [0.29, 0.717) is 35.7 Å². The number of carbonyl (C=O) groups excluding carboxylic acids is 1. The molecule has 3 rings (SSSR count). The Bertz CT molecular complexity index is 775. The second kappa shape index (κ2) is 8.20. The summed E-state index contributed by atoms with van der Waals surface area (Å²) in [5.41, 5.74) is 3.24. The lowest BCUT2D eigenvalue weighted by atomic mass is 9.73. The Hall–Kier alpha value is -2.23. The fourth-order valence-electron chi connectivity index (χ4n) is 4.25. The number of hydrogen-bond acceptors (Lipinski definition) is 4. The molecule has 1 aliphatic carbocycles. The van der Waals surface area contributed by atoms with Crippen LogP contribution in [0.15, 0.2) is 30.1 Å². The summed E-state index contributed by atoms with van der Waals surface area (Å²) >= 11 is 0. The summed E-state index contributed by atoms with van der Waals surface area (Å²) in [6, 6.07) is 1.74. The van der Waals surface area contributed by atoms with Crippen molar-refractivity contribution in [2.75, 3.05) is 6.61 Å². The van der Waals surface area contributed by atoms with Gasteiger partial charge in [0.05, 0.1) is 6.61 Å². The number of allylic oxidation sites excluding steroid dienone is 3. The van der Waals surface area contributed by atoms with Crippen LogP contribution in [0, 0.1) is 5.92 Å². The van der Waals surface area contributed by atoms with Gasteiger partial charge in [0.15, 0.2) is 0 Å². The Morgan fingerprint density at radius 3 is 2.85 bits per heavy atom. The van der Waals surface area contributed by atoms with Crippen molar-refractivity contribution in [2.24, 2.45) is 5.92 Å². The predicted octanol–water partition coefficient (Wildman–Crippen LogP) is 5.65. The van der Waals surface area contributed by atoms with Crippen molar-refractivity contribution in [3.63, 3.8) is 0 Å². The molecule has 2 atom stereocenters. The summed E-state index contributed by atoms with van der Waals surface area (Å²) in [4.78, 5) is 12.8. The van der Waals surface area contributed by atoms with Crippen molar-refractivity contribution < 1.29 is 19.4 Å². The minimum atomic E-state index is -0.386. The maximum atomic E-state index is 12.8. The largest absolute Gasteiger partial charge is 0.507 e. The third-order valence-corrected chi connectivity index (χ3v) is 5.64. The Kier molecular flexibility index (Phi) is 5.93. The summed E-state index contributed by atoms with van der Waals surface area (Å²) in [7, 11) is 0. The molecule has 27 heavy (non-hydrogen) atoms. The summed E-state index contributed by atoms with van der Waals surface area (Å²) < 4.78 is 11.4. The topological polar surface area (TPSA) is 55.8 Å². The number of rotatable bonds is 6. The van der Waals surface area contributed by atoms with Crippen LogP contribution in [0.3, 0.4) is 0 Å². The Labute approximate surface area is 161 Å². The molecule has 1 aliphatic heterocycles. The van der Waals surface area contributed by atoms with Gasteiger partial charge in [0, 0.05) is 17.4 Å². The number of esters is 1. The molecular weight excluding hydrogens is 340 g/mol. The number of benzene rings is 1. The molecule has 0 fully saturated rings. The molecule has 4 heteroatoms. The fourth-order valence-corrected chi connectivity index (χ4v) is 4.25. The first kappa shape index (κ1) is 19.5. The van der Waals surface area contributed by atoms with E-state index in [1.54, 1.807) is 13.0 Å². The van der Waals surface area contributed by atoms with Crippen LogP contribution in [0.1, 0.15) is 80.3 Å². The van der Waals surface area contributed by atoms with Crippen LogP contribution in [0.5, 0.6) is 11.5 Å². The highest BCUT2D eigenvalue weighted by molar-refractivity contribution is 5.96. The number of unbranched alkanes of at least 4 members (excludes halogenated alkanes) is 2. The first-order chi connectivity index (χ1) is 13.0. The third kappa shape index (κ3) is 3.76. The molecule has 1 aromatic rings. The number of aromatic hydroxyl groups is 1. The molecule has 0 unspecified atom stereocenters. The van der Waals surface area contributed by atoms with E-state index in [1.165, 1.54) is 5.57 Å². The van der Waals surface area contributed by atoms with E-state index >= 15 is 0 Å². The van der Waals surface area contributed by atoms with Gasteiger partial charge >= 0.3 is 5.97 Å². The minimum Gasteiger partial charge on any atom is -0.507 e. The zero-order valence-electron chi connectivity index (χ0n) is 16.6. The van der Waals surface area contributed by atoms with Crippen LogP contribution in [0.4, 0.5) is 0 Å². The molecule has 0 amide bonds. The Balaban J connectivity index is 2.15. The number of hydrogen-bond donors (Lipinski definition) is 1. The molecule has 2 aliphatic rings. The highest BCUT2D eigenvalue weighted by Crippen LogP contribution is 2.52. The summed E-state index contributed by atoms with van der Waals surface area (Å²) in [6.45, 7) is 10.5. The van der Waals surface area contributed by atoms with Gasteiger partial charge in [-0.15, -0.1) is 0 Å². The van der Waals surface area contributed by atoms with Gasteiger partial charge in [0.25, 0.3) is 0 Å². The molecule has 146 valence electrons. The molecule has 1 N–H and O–H groups in total. The van der Waals surface area contributed by atoms with Gasteiger partial charge in [-0.25, -0.2) is 4.79 Å². The summed E-state index contributed by atoms with van der Waals surface area (Å²) in [6.07, 6.45) is 7.95. The number of phenols is 1. The van der Waals surface area contributed by atoms with Crippen molar-refractivity contribution >= 4 is 5.97 Å². The average Bonchev–Trinajstić information content (AvgIpc) is 2.61. The van der Waals surface area contributed by atoms with Gasteiger partial charge in [0.1, 0.15) is 22.8 Å². The van der Waals surface area contributed by atoms with Gasteiger partial charge in [-0.3, -0.25) is 0 Å². The predicted molar refractivity (Wildman–Crippen MR) is 106 cm³/mol. The lowest BCUT2D eigenvalue weighted by Gasteiger charge is -2.37. The second-order valence-corrected chi connectivity index (χ2v) is 7.60. The van der Waals surface area contributed by atoms with E-state index < -0.39 is 0 Å². The van der Waals surface area contributed by atoms with Gasteiger partial charge in [-0.1, -0.05) is 38.0 Å². The smallest absolute Gasteiger partial charge is 0.342 e. The van der Waals surface area contributed by atoms with Gasteiger partial charge in [-0.05, 0) is 51.2 Å². The van der Waals surface area contributed by atoms with Crippen LogP contribution < -0.4 is 4.74 Å². The number of ether oxygens (including phenoxy) is 2. The summed E-state index contributed by atoms with van der Waals surface area (Å²) in [5.74, 6) is 1.06. The van der Waals surface area contributed by atoms with E-state index in [2.05, 4.69) is 26.5 Å². The maximum absolute atomic E-state index is 12.8. The number of aryl methyl sites for hydroxylation is 1. The Morgan fingerprint density at radius 2 is 2.15 bits per heavy atom. The molecular formula is C23H30O4. The molecule has 0 radical (unpaired) electrons. The minimum absolute atomic E-state index is 0.00660. The monoisotopic (exact) mass is 370 g/mol. The third-order valence-electron chi connectivity index (χ3n) is 5.64. The standard InChI is InChI=1S/C23H30O4/c1-5-7-8-9-16-13-19(24)21-18-12-14(3)10-11-17(18)15(4)27-22(21)20(16)23(25)26-6-2/h12-13,17-18,24H,4-11H2,1-3H3/t17-,18+/m0/s1. The van der Waals surface area contributed by atoms with E-state index in [-0.39, 0.29) is 23.6 Å². The molecule has 1 aromatic carbocycles. The molecule has 0 aromatic heterocycles. The molecule has 0 spiro atoms. The Morgan fingerprint density at radius 1 is 1.37 bits per heavy atom. The van der Waals surface area contributed by atoms with Crippen molar-refractivity contribution in [3.8, 4) is 11.5 Å². The molecule has 0 bridgehead atoms. The van der Waals surface area contributed by atoms with E-state index in [0.717, 1.165) is 37.7 Å².